The van der Waals surface area contributed by atoms with Crippen molar-refractivity contribution in [1.29, 1.82) is 0 Å². The van der Waals surface area contributed by atoms with E-state index in [0.29, 0.717) is 32.2 Å². The molecule has 1 aliphatic heterocycles. The van der Waals surface area contributed by atoms with Crippen molar-refractivity contribution in [1.82, 2.24) is 10.2 Å². The fourth-order valence-corrected chi connectivity index (χ4v) is 3.77. The first-order valence-corrected chi connectivity index (χ1v) is 9.59. The largest absolute Gasteiger partial charge is 0.510 e. The Morgan fingerprint density at radius 2 is 1.86 bits per heavy atom. The molecule has 1 aliphatic carbocycles. The standard InChI is InChI=1S/C20H26N2O6/c1-26-19(25)28-20(11-5-6-12-20)21-17(23)16-10-7-13-22(16)18(24)27-14-15-8-3-2-4-9-15/h2-4,8-9,16H,5-7,10-14H2,1H3,(H,21,23)/t16-/m0/s1. The number of carbonyl (C=O) groups excluding carboxylic acids is 3. The zero-order valence-electron chi connectivity index (χ0n) is 16.0. The van der Waals surface area contributed by atoms with Crippen LogP contribution in [0.3, 0.4) is 0 Å². The number of hydrogen-bond acceptors (Lipinski definition) is 6. The minimum absolute atomic E-state index is 0.153. The second-order valence-corrected chi connectivity index (χ2v) is 7.14. The lowest BCUT2D eigenvalue weighted by Crippen LogP contribution is -2.55. The zero-order valence-corrected chi connectivity index (χ0v) is 16.0. The second kappa shape index (κ2) is 8.95. The molecule has 1 N–H and O–H groups in total. The van der Waals surface area contributed by atoms with Gasteiger partial charge in [0.1, 0.15) is 12.6 Å². The number of nitrogens with zero attached hydrogens (tertiary/aromatic N) is 1. The minimum Gasteiger partial charge on any atom is -0.445 e. The average molecular weight is 390 g/mol. The number of ether oxygens (including phenoxy) is 3. The highest BCUT2D eigenvalue weighted by molar-refractivity contribution is 5.86. The van der Waals surface area contributed by atoms with Crippen molar-refractivity contribution in [2.75, 3.05) is 13.7 Å². The van der Waals surface area contributed by atoms with E-state index < -0.39 is 24.0 Å². The van der Waals surface area contributed by atoms with Gasteiger partial charge in [-0.25, -0.2) is 9.59 Å². The number of likely N-dealkylation sites (tertiary alicyclic amines) is 1. The van der Waals surface area contributed by atoms with Gasteiger partial charge in [-0.05, 0) is 31.2 Å². The predicted octanol–water partition coefficient (Wildman–Crippen LogP) is 2.96. The summed E-state index contributed by atoms with van der Waals surface area (Å²) >= 11 is 0. The Morgan fingerprint density at radius 1 is 1.14 bits per heavy atom. The van der Waals surface area contributed by atoms with E-state index in [1.165, 1.54) is 12.0 Å². The van der Waals surface area contributed by atoms with Crippen LogP contribution in [0.15, 0.2) is 30.3 Å². The Labute approximate surface area is 164 Å². The molecule has 1 aromatic rings. The van der Waals surface area contributed by atoms with E-state index in [-0.39, 0.29) is 12.5 Å². The summed E-state index contributed by atoms with van der Waals surface area (Å²) in [6.07, 6.45) is 2.64. The molecule has 0 bridgehead atoms. The molecule has 3 rings (SSSR count). The van der Waals surface area contributed by atoms with Crippen LogP contribution in [-0.4, -0.2) is 48.5 Å². The molecule has 1 heterocycles. The molecule has 1 atom stereocenters. The molecule has 2 fully saturated rings. The molecule has 0 spiro atoms. The fraction of sp³-hybridized carbons (Fsp3) is 0.550. The Balaban J connectivity index is 1.60. The molecule has 1 saturated heterocycles. The molecule has 28 heavy (non-hydrogen) atoms. The number of carbonyl (C=O) groups is 3. The number of benzene rings is 1. The van der Waals surface area contributed by atoms with E-state index in [1.807, 2.05) is 30.3 Å². The fourth-order valence-electron chi connectivity index (χ4n) is 3.77. The molecule has 0 aromatic heterocycles. The van der Waals surface area contributed by atoms with E-state index in [0.717, 1.165) is 18.4 Å². The number of methoxy groups -OCH3 is 1. The molecule has 1 saturated carbocycles. The number of hydrogen-bond donors (Lipinski definition) is 1. The summed E-state index contributed by atoms with van der Waals surface area (Å²) in [5, 5.41) is 2.85. The number of amides is 2. The van der Waals surface area contributed by atoms with E-state index in [1.54, 1.807) is 0 Å². The lowest BCUT2D eigenvalue weighted by atomic mass is 10.1. The first-order valence-electron chi connectivity index (χ1n) is 9.59. The summed E-state index contributed by atoms with van der Waals surface area (Å²) in [5.74, 6) is -0.333. The maximum absolute atomic E-state index is 12.9. The molecule has 8 nitrogen and oxygen atoms in total. The summed E-state index contributed by atoms with van der Waals surface area (Å²) in [6.45, 7) is 0.608. The molecule has 2 aliphatic rings. The Morgan fingerprint density at radius 3 is 2.54 bits per heavy atom. The van der Waals surface area contributed by atoms with Gasteiger partial charge >= 0.3 is 12.2 Å². The van der Waals surface area contributed by atoms with Crippen molar-refractivity contribution in [2.24, 2.45) is 0 Å². The van der Waals surface area contributed by atoms with Crippen molar-refractivity contribution in [3.05, 3.63) is 35.9 Å². The summed E-state index contributed by atoms with van der Waals surface area (Å²) in [4.78, 5) is 38.4. The van der Waals surface area contributed by atoms with Crippen LogP contribution in [0.2, 0.25) is 0 Å². The maximum atomic E-state index is 12.9. The van der Waals surface area contributed by atoms with Crippen molar-refractivity contribution < 1.29 is 28.6 Å². The lowest BCUT2D eigenvalue weighted by molar-refractivity contribution is -0.134. The molecule has 152 valence electrons. The Bertz CT molecular complexity index is 702. The predicted molar refractivity (Wildman–Crippen MR) is 99.2 cm³/mol. The molecular formula is C20H26N2O6. The van der Waals surface area contributed by atoms with Crippen LogP contribution < -0.4 is 5.32 Å². The first-order chi connectivity index (χ1) is 13.5. The Kier molecular flexibility index (Phi) is 6.38. The van der Waals surface area contributed by atoms with E-state index in [9.17, 15) is 14.4 Å². The summed E-state index contributed by atoms with van der Waals surface area (Å²) in [6, 6.07) is 8.74. The molecule has 8 heteroatoms. The van der Waals surface area contributed by atoms with Crippen LogP contribution in [0, 0.1) is 0 Å². The third-order valence-electron chi connectivity index (χ3n) is 5.20. The van der Waals surface area contributed by atoms with E-state index in [4.69, 9.17) is 9.47 Å². The van der Waals surface area contributed by atoms with Crippen LogP contribution in [0.25, 0.3) is 0 Å². The highest BCUT2D eigenvalue weighted by atomic mass is 16.7. The topological polar surface area (TPSA) is 94.2 Å². The van der Waals surface area contributed by atoms with Gasteiger partial charge in [0, 0.05) is 19.4 Å². The van der Waals surface area contributed by atoms with Crippen molar-refractivity contribution >= 4 is 18.2 Å². The molecule has 2 amide bonds. The Hall–Kier alpha value is -2.77. The monoisotopic (exact) mass is 390 g/mol. The lowest BCUT2D eigenvalue weighted by Gasteiger charge is -2.32. The summed E-state index contributed by atoms with van der Waals surface area (Å²) < 4.78 is 15.3. The smallest absolute Gasteiger partial charge is 0.445 e. The van der Waals surface area contributed by atoms with E-state index >= 15 is 0 Å². The quantitative estimate of drug-likeness (QED) is 0.614. The van der Waals surface area contributed by atoms with Crippen molar-refractivity contribution in [3.8, 4) is 0 Å². The van der Waals surface area contributed by atoms with Crippen molar-refractivity contribution in [3.63, 3.8) is 0 Å². The normalized spacial score (nSPS) is 20.5. The van der Waals surface area contributed by atoms with Gasteiger partial charge in [0.2, 0.25) is 5.91 Å². The van der Waals surface area contributed by atoms with Crippen LogP contribution in [0.4, 0.5) is 9.59 Å². The van der Waals surface area contributed by atoms with Gasteiger partial charge in [-0.2, -0.15) is 0 Å². The highest BCUT2D eigenvalue weighted by Crippen LogP contribution is 2.32. The van der Waals surface area contributed by atoms with Gasteiger partial charge in [-0.1, -0.05) is 30.3 Å². The zero-order chi connectivity index (χ0) is 20.0. The molecule has 0 radical (unpaired) electrons. The minimum atomic E-state index is -1.06. The number of nitrogens with one attached hydrogen (secondary N) is 1. The van der Waals surface area contributed by atoms with Gasteiger partial charge in [0.15, 0.2) is 5.72 Å². The van der Waals surface area contributed by atoms with Crippen LogP contribution in [0.1, 0.15) is 44.1 Å². The van der Waals surface area contributed by atoms with E-state index in [2.05, 4.69) is 10.1 Å². The molecule has 0 unspecified atom stereocenters. The van der Waals surface area contributed by atoms with Gasteiger partial charge in [0.05, 0.1) is 7.11 Å². The average Bonchev–Trinajstić information content (AvgIpc) is 3.37. The maximum Gasteiger partial charge on any atom is 0.510 e. The molecule has 1 aromatic carbocycles. The third kappa shape index (κ3) is 4.74. The van der Waals surface area contributed by atoms with Crippen LogP contribution >= 0.6 is 0 Å². The second-order valence-electron chi connectivity index (χ2n) is 7.14. The summed E-state index contributed by atoms with van der Waals surface area (Å²) in [5.41, 5.74) is -0.181. The third-order valence-corrected chi connectivity index (χ3v) is 5.20. The van der Waals surface area contributed by atoms with Crippen LogP contribution in [0.5, 0.6) is 0 Å². The SMILES string of the molecule is COC(=O)OC1(NC(=O)[C@@H]2CCCN2C(=O)OCc2ccccc2)CCCC1. The van der Waals surface area contributed by atoms with Crippen molar-refractivity contribution in [2.45, 2.75) is 56.9 Å². The number of rotatable bonds is 5. The molecular weight excluding hydrogens is 364 g/mol. The van der Waals surface area contributed by atoms with Gasteiger partial charge in [-0.15, -0.1) is 0 Å². The highest BCUT2D eigenvalue weighted by Gasteiger charge is 2.43. The van der Waals surface area contributed by atoms with Crippen LogP contribution in [-0.2, 0) is 25.6 Å². The summed E-state index contributed by atoms with van der Waals surface area (Å²) in [7, 11) is 1.23. The van der Waals surface area contributed by atoms with Gasteiger partial charge in [-0.3, -0.25) is 9.69 Å². The first kappa shape index (κ1) is 20.0. The van der Waals surface area contributed by atoms with Gasteiger partial charge in [0.25, 0.3) is 0 Å². The van der Waals surface area contributed by atoms with Gasteiger partial charge < -0.3 is 19.5 Å².